The summed E-state index contributed by atoms with van der Waals surface area (Å²) >= 11 is 0. The Kier molecular flexibility index (Phi) is 6.54. The molecule has 0 spiro atoms. The number of likely N-dealkylation sites (tertiary alicyclic amines) is 1. The van der Waals surface area contributed by atoms with Crippen molar-refractivity contribution in [3.05, 3.63) is 24.0 Å². The minimum absolute atomic E-state index is 0.129. The van der Waals surface area contributed by atoms with E-state index in [4.69, 9.17) is 9.47 Å². The fourth-order valence-electron chi connectivity index (χ4n) is 3.29. The van der Waals surface area contributed by atoms with Gasteiger partial charge in [0.1, 0.15) is 11.4 Å². The summed E-state index contributed by atoms with van der Waals surface area (Å²) in [6.45, 7) is 4.83. The molecular formula is C18H24F3N3O3. The molecule has 2 aliphatic rings. The molecule has 0 aliphatic carbocycles. The molecule has 0 saturated carbocycles. The minimum atomic E-state index is -4.47. The first kappa shape index (κ1) is 19.9. The molecule has 6 nitrogen and oxygen atoms in total. The van der Waals surface area contributed by atoms with Gasteiger partial charge < -0.3 is 14.4 Å². The van der Waals surface area contributed by atoms with Crippen molar-refractivity contribution in [1.82, 2.24) is 14.8 Å². The number of morpholine rings is 1. The summed E-state index contributed by atoms with van der Waals surface area (Å²) in [5.41, 5.74) is -0.948. The molecule has 27 heavy (non-hydrogen) atoms. The van der Waals surface area contributed by atoms with Gasteiger partial charge in [-0.1, -0.05) is 0 Å². The molecule has 1 amide bonds. The Morgan fingerprint density at radius 2 is 1.93 bits per heavy atom. The van der Waals surface area contributed by atoms with Gasteiger partial charge in [-0.3, -0.25) is 14.7 Å². The normalized spacial score (nSPS) is 19.9. The van der Waals surface area contributed by atoms with Crippen LogP contribution in [0.2, 0.25) is 0 Å². The van der Waals surface area contributed by atoms with Crippen molar-refractivity contribution in [2.45, 2.75) is 19.0 Å². The molecule has 9 heteroatoms. The zero-order chi connectivity index (χ0) is 19.3. The van der Waals surface area contributed by atoms with Gasteiger partial charge >= 0.3 is 6.18 Å². The number of nitrogens with zero attached hydrogens (tertiary/aromatic N) is 3. The fraction of sp³-hybridized carbons (Fsp3) is 0.667. The van der Waals surface area contributed by atoms with Crippen molar-refractivity contribution >= 4 is 5.91 Å². The number of ether oxygens (including phenoxy) is 2. The number of pyridine rings is 1. The van der Waals surface area contributed by atoms with Crippen LogP contribution < -0.4 is 4.74 Å². The Bertz CT molecular complexity index is 628. The van der Waals surface area contributed by atoms with Crippen LogP contribution in [-0.4, -0.2) is 73.2 Å². The highest BCUT2D eigenvalue weighted by Crippen LogP contribution is 2.29. The van der Waals surface area contributed by atoms with E-state index in [1.54, 1.807) is 0 Å². The van der Waals surface area contributed by atoms with Gasteiger partial charge in [0, 0.05) is 25.4 Å². The molecule has 0 N–H and O–H groups in total. The lowest BCUT2D eigenvalue weighted by Crippen LogP contribution is -2.47. The van der Waals surface area contributed by atoms with Crippen molar-refractivity contribution in [3.63, 3.8) is 0 Å². The van der Waals surface area contributed by atoms with Gasteiger partial charge in [-0.25, -0.2) is 0 Å². The van der Waals surface area contributed by atoms with E-state index >= 15 is 0 Å². The van der Waals surface area contributed by atoms with Crippen LogP contribution in [0.4, 0.5) is 13.2 Å². The minimum Gasteiger partial charge on any atom is -0.493 e. The number of hydrogen-bond acceptors (Lipinski definition) is 5. The molecule has 150 valence electrons. The lowest BCUT2D eigenvalue weighted by molar-refractivity contribution is -0.141. The van der Waals surface area contributed by atoms with Crippen molar-refractivity contribution in [2.75, 3.05) is 52.5 Å². The van der Waals surface area contributed by atoms with Gasteiger partial charge in [0.2, 0.25) is 5.91 Å². The van der Waals surface area contributed by atoms with Gasteiger partial charge in [0.15, 0.2) is 0 Å². The van der Waals surface area contributed by atoms with Crippen LogP contribution in [-0.2, 0) is 15.7 Å². The highest BCUT2D eigenvalue weighted by Gasteiger charge is 2.32. The quantitative estimate of drug-likeness (QED) is 0.774. The fourth-order valence-corrected chi connectivity index (χ4v) is 3.29. The zero-order valence-electron chi connectivity index (χ0n) is 15.1. The number of carbonyl (C=O) groups excluding carboxylic acids is 1. The topological polar surface area (TPSA) is 54.9 Å². The predicted molar refractivity (Wildman–Crippen MR) is 91.3 cm³/mol. The number of aromatic nitrogens is 1. The third-order valence-corrected chi connectivity index (χ3v) is 4.94. The van der Waals surface area contributed by atoms with Gasteiger partial charge in [0.05, 0.1) is 26.4 Å². The lowest BCUT2D eigenvalue weighted by Gasteiger charge is -2.34. The zero-order valence-corrected chi connectivity index (χ0v) is 15.1. The van der Waals surface area contributed by atoms with E-state index in [2.05, 4.69) is 9.88 Å². The Balaban J connectivity index is 1.40. The molecule has 2 fully saturated rings. The Hall–Kier alpha value is -1.87. The average molecular weight is 387 g/mol. The summed E-state index contributed by atoms with van der Waals surface area (Å²) in [4.78, 5) is 19.6. The number of rotatable bonds is 5. The van der Waals surface area contributed by atoms with Crippen LogP contribution in [0.5, 0.6) is 5.75 Å². The van der Waals surface area contributed by atoms with E-state index < -0.39 is 11.9 Å². The molecule has 0 aromatic carbocycles. The van der Waals surface area contributed by atoms with Crippen molar-refractivity contribution in [2.24, 2.45) is 5.92 Å². The third-order valence-electron chi connectivity index (χ3n) is 4.94. The molecule has 1 aromatic rings. The number of piperidine rings is 1. The van der Waals surface area contributed by atoms with E-state index in [0.717, 1.165) is 38.2 Å². The Labute approximate surface area is 156 Å². The second kappa shape index (κ2) is 8.88. The summed E-state index contributed by atoms with van der Waals surface area (Å²) < 4.78 is 48.8. The molecule has 0 radical (unpaired) electrons. The smallest absolute Gasteiger partial charge is 0.433 e. The number of halogens is 3. The predicted octanol–water partition coefficient (Wildman–Crippen LogP) is 2.05. The maximum Gasteiger partial charge on any atom is 0.433 e. The van der Waals surface area contributed by atoms with Crippen molar-refractivity contribution < 1.29 is 27.4 Å². The standard InChI is InChI=1S/C18H24F3N3O3/c19-18(20,21)16-11-15(1-4-22-16)27-13-14-2-5-23(6-3-14)12-17(25)24-7-9-26-10-8-24/h1,4,11,14H,2-3,5-10,12-13H2. The SMILES string of the molecule is O=C(CN1CCC(COc2ccnc(C(F)(F)F)c2)CC1)N1CCOCC1. The summed E-state index contributed by atoms with van der Waals surface area (Å²) in [5.74, 6) is 0.578. The van der Waals surface area contributed by atoms with Gasteiger partial charge in [-0.2, -0.15) is 13.2 Å². The van der Waals surface area contributed by atoms with Gasteiger partial charge in [0.25, 0.3) is 0 Å². The summed E-state index contributed by atoms with van der Waals surface area (Å²) in [6.07, 6.45) is -1.66. The Morgan fingerprint density at radius 3 is 2.59 bits per heavy atom. The molecule has 0 unspecified atom stereocenters. The summed E-state index contributed by atoms with van der Waals surface area (Å²) in [6, 6.07) is 2.36. The first-order valence-corrected chi connectivity index (χ1v) is 9.16. The van der Waals surface area contributed by atoms with Gasteiger partial charge in [-0.05, 0) is 37.9 Å². The van der Waals surface area contributed by atoms with Crippen LogP contribution in [0.3, 0.4) is 0 Å². The van der Waals surface area contributed by atoms with Crippen LogP contribution in [0.15, 0.2) is 18.3 Å². The summed E-state index contributed by atoms with van der Waals surface area (Å²) in [5, 5.41) is 0. The van der Waals surface area contributed by atoms with Crippen LogP contribution in [0.25, 0.3) is 0 Å². The molecule has 1 aromatic heterocycles. The summed E-state index contributed by atoms with van der Waals surface area (Å²) in [7, 11) is 0. The molecule has 0 bridgehead atoms. The molecule has 3 heterocycles. The van der Waals surface area contributed by atoms with E-state index in [-0.39, 0.29) is 17.6 Å². The molecule has 0 atom stereocenters. The van der Waals surface area contributed by atoms with Crippen molar-refractivity contribution in [3.8, 4) is 5.75 Å². The monoisotopic (exact) mass is 387 g/mol. The average Bonchev–Trinajstić information content (AvgIpc) is 2.68. The van der Waals surface area contributed by atoms with E-state index in [0.29, 0.717) is 39.5 Å². The molecule has 2 aliphatic heterocycles. The number of amides is 1. The number of carbonyl (C=O) groups is 1. The van der Waals surface area contributed by atoms with E-state index in [1.807, 2.05) is 4.90 Å². The first-order chi connectivity index (χ1) is 12.9. The first-order valence-electron chi connectivity index (χ1n) is 9.16. The number of alkyl halides is 3. The van der Waals surface area contributed by atoms with Crippen LogP contribution in [0, 0.1) is 5.92 Å². The maximum atomic E-state index is 12.7. The molecule has 3 rings (SSSR count). The molecular weight excluding hydrogens is 363 g/mol. The van der Waals surface area contributed by atoms with E-state index in [1.165, 1.54) is 6.07 Å². The van der Waals surface area contributed by atoms with Crippen LogP contribution in [0.1, 0.15) is 18.5 Å². The van der Waals surface area contributed by atoms with E-state index in [9.17, 15) is 18.0 Å². The third kappa shape index (κ3) is 5.80. The largest absolute Gasteiger partial charge is 0.493 e. The molecule has 2 saturated heterocycles. The van der Waals surface area contributed by atoms with Gasteiger partial charge in [-0.15, -0.1) is 0 Å². The lowest BCUT2D eigenvalue weighted by atomic mass is 9.98. The number of hydrogen-bond donors (Lipinski definition) is 0. The highest BCUT2D eigenvalue weighted by molar-refractivity contribution is 5.78. The Morgan fingerprint density at radius 1 is 1.22 bits per heavy atom. The van der Waals surface area contributed by atoms with Crippen molar-refractivity contribution in [1.29, 1.82) is 0 Å². The highest BCUT2D eigenvalue weighted by atomic mass is 19.4. The maximum absolute atomic E-state index is 12.7. The second-order valence-electron chi connectivity index (χ2n) is 6.90. The second-order valence-corrected chi connectivity index (χ2v) is 6.90. The van der Waals surface area contributed by atoms with Crippen LogP contribution >= 0.6 is 0 Å².